The van der Waals surface area contributed by atoms with Crippen molar-refractivity contribution in [1.82, 2.24) is 14.9 Å². The molecule has 0 atom stereocenters. The molecule has 154 valence electrons. The van der Waals surface area contributed by atoms with Crippen molar-refractivity contribution in [3.8, 4) is 5.75 Å². The molecule has 1 fully saturated rings. The van der Waals surface area contributed by atoms with Crippen LogP contribution >= 0.6 is 12.4 Å². The number of methoxy groups -OCH3 is 1. The zero-order valence-electron chi connectivity index (χ0n) is 15.7. The molecule has 2 N–H and O–H groups in total. The van der Waals surface area contributed by atoms with E-state index in [1.54, 1.807) is 0 Å². The van der Waals surface area contributed by atoms with Gasteiger partial charge in [0.05, 0.1) is 30.8 Å². The van der Waals surface area contributed by atoms with Crippen LogP contribution in [0, 0.1) is 0 Å². The Balaban J connectivity index is 0.00000364. The standard InChI is InChI=1S/C17H27N3O5S.ClH/c1-3-6-18-7-8-19-17(21)15-13-14(4-5-16(15)24-2)26(22,23)20-9-11-25-12-10-20;/h4-5,13,18H,3,6-12H2,1-2H3,(H,19,21);1H. The lowest BCUT2D eigenvalue weighted by molar-refractivity contribution is 0.0730. The lowest BCUT2D eigenvalue weighted by Crippen LogP contribution is -2.40. The van der Waals surface area contributed by atoms with Gasteiger partial charge in [0, 0.05) is 26.2 Å². The quantitative estimate of drug-likeness (QED) is 0.574. The Labute approximate surface area is 167 Å². The van der Waals surface area contributed by atoms with Crippen LogP contribution in [0.2, 0.25) is 0 Å². The number of benzene rings is 1. The second-order valence-corrected chi connectivity index (χ2v) is 7.82. The second kappa shape index (κ2) is 11.5. The molecule has 0 spiro atoms. The number of sulfonamides is 1. The van der Waals surface area contributed by atoms with Crippen molar-refractivity contribution in [2.24, 2.45) is 0 Å². The average molecular weight is 422 g/mol. The number of rotatable bonds is 9. The Bertz CT molecular complexity index is 709. The molecule has 0 unspecified atom stereocenters. The number of carbonyl (C=O) groups excluding carboxylic acids is 1. The van der Waals surface area contributed by atoms with Crippen molar-refractivity contribution < 1.29 is 22.7 Å². The number of hydrogen-bond acceptors (Lipinski definition) is 6. The highest BCUT2D eigenvalue weighted by Gasteiger charge is 2.27. The van der Waals surface area contributed by atoms with Gasteiger partial charge in [-0.15, -0.1) is 12.4 Å². The van der Waals surface area contributed by atoms with E-state index < -0.39 is 10.0 Å². The molecule has 0 radical (unpaired) electrons. The lowest BCUT2D eigenvalue weighted by atomic mass is 10.2. The van der Waals surface area contributed by atoms with E-state index in [2.05, 4.69) is 17.6 Å². The molecule has 1 aliphatic rings. The van der Waals surface area contributed by atoms with Gasteiger partial charge in [-0.1, -0.05) is 6.92 Å². The predicted octanol–water partition coefficient (Wildman–Crippen LogP) is 0.867. The summed E-state index contributed by atoms with van der Waals surface area (Å²) < 4.78 is 37.4. The molecule has 1 aromatic carbocycles. The van der Waals surface area contributed by atoms with Crippen LogP contribution in [0.5, 0.6) is 5.75 Å². The summed E-state index contributed by atoms with van der Waals surface area (Å²) in [6.45, 7) is 5.39. The summed E-state index contributed by atoms with van der Waals surface area (Å²) in [5.74, 6) is -0.0240. The summed E-state index contributed by atoms with van der Waals surface area (Å²) in [5, 5.41) is 5.97. The third-order valence-electron chi connectivity index (χ3n) is 4.04. The Morgan fingerprint density at radius 1 is 1.22 bits per heavy atom. The molecule has 1 saturated heterocycles. The summed E-state index contributed by atoms with van der Waals surface area (Å²) in [7, 11) is -2.22. The second-order valence-electron chi connectivity index (χ2n) is 5.88. The Kier molecular flexibility index (Phi) is 10.0. The van der Waals surface area contributed by atoms with Crippen molar-refractivity contribution in [3.63, 3.8) is 0 Å². The molecule has 1 aliphatic heterocycles. The van der Waals surface area contributed by atoms with Crippen LogP contribution in [0.4, 0.5) is 0 Å². The van der Waals surface area contributed by atoms with E-state index in [4.69, 9.17) is 9.47 Å². The summed E-state index contributed by atoms with van der Waals surface area (Å²) in [4.78, 5) is 12.5. The number of halogens is 1. The summed E-state index contributed by atoms with van der Waals surface area (Å²) in [6, 6.07) is 4.35. The number of carbonyl (C=O) groups is 1. The minimum Gasteiger partial charge on any atom is -0.496 e. The van der Waals surface area contributed by atoms with Crippen LogP contribution in [0.15, 0.2) is 23.1 Å². The van der Waals surface area contributed by atoms with Crippen LogP contribution in [-0.2, 0) is 14.8 Å². The largest absolute Gasteiger partial charge is 0.496 e. The van der Waals surface area contributed by atoms with Gasteiger partial charge in [-0.25, -0.2) is 8.42 Å². The van der Waals surface area contributed by atoms with Crippen LogP contribution < -0.4 is 15.4 Å². The SMILES string of the molecule is CCCNCCNC(=O)c1cc(S(=O)(=O)N2CCOCC2)ccc1OC.Cl. The summed E-state index contributed by atoms with van der Waals surface area (Å²) >= 11 is 0. The number of nitrogens with one attached hydrogen (secondary N) is 2. The van der Waals surface area contributed by atoms with Gasteiger partial charge in [0.25, 0.3) is 5.91 Å². The normalized spacial score (nSPS) is 15.0. The zero-order chi connectivity index (χ0) is 19.0. The summed E-state index contributed by atoms with van der Waals surface area (Å²) in [6.07, 6.45) is 1.02. The van der Waals surface area contributed by atoms with Crippen LogP contribution in [0.3, 0.4) is 0 Å². The maximum Gasteiger partial charge on any atom is 0.255 e. The van der Waals surface area contributed by atoms with Gasteiger partial charge < -0.3 is 20.1 Å². The molecule has 8 nitrogen and oxygen atoms in total. The first kappa shape index (κ1) is 23.6. The highest BCUT2D eigenvalue weighted by atomic mass is 35.5. The van der Waals surface area contributed by atoms with Crippen molar-refractivity contribution >= 4 is 28.3 Å². The highest BCUT2D eigenvalue weighted by molar-refractivity contribution is 7.89. The first-order chi connectivity index (χ1) is 12.5. The molecular weight excluding hydrogens is 394 g/mol. The Morgan fingerprint density at radius 2 is 1.93 bits per heavy atom. The Hall–Kier alpha value is -1.39. The minimum atomic E-state index is -3.67. The minimum absolute atomic E-state index is 0. The Morgan fingerprint density at radius 3 is 2.56 bits per heavy atom. The number of morpholine rings is 1. The molecule has 10 heteroatoms. The first-order valence-electron chi connectivity index (χ1n) is 8.75. The average Bonchev–Trinajstić information content (AvgIpc) is 2.67. The fourth-order valence-corrected chi connectivity index (χ4v) is 4.06. The molecule has 27 heavy (non-hydrogen) atoms. The van der Waals surface area contributed by atoms with Gasteiger partial charge >= 0.3 is 0 Å². The molecule has 0 saturated carbocycles. The number of ether oxygens (including phenoxy) is 2. The van der Waals surface area contributed by atoms with Crippen molar-refractivity contribution in [3.05, 3.63) is 23.8 Å². The van der Waals surface area contributed by atoms with E-state index in [0.29, 0.717) is 45.1 Å². The molecular formula is C17H28ClN3O5S. The van der Waals surface area contributed by atoms with Gasteiger partial charge in [0.15, 0.2) is 0 Å². The molecule has 0 bridgehead atoms. The number of hydrogen-bond donors (Lipinski definition) is 2. The van der Waals surface area contributed by atoms with Crippen LogP contribution in [-0.4, -0.2) is 71.7 Å². The van der Waals surface area contributed by atoms with E-state index in [0.717, 1.165) is 13.0 Å². The van der Waals surface area contributed by atoms with E-state index in [1.165, 1.54) is 29.6 Å². The fraction of sp³-hybridized carbons (Fsp3) is 0.588. The third-order valence-corrected chi connectivity index (χ3v) is 5.93. The van der Waals surface area contributed by atoms with Crippen molar-refractivity contribution in [2.75, 3.05) is 53.0 Å². The zero-order valence-corrected chi connectivity index (χ0v) is 17.3. The lowest BCUT2D eigenvalue weighted by Gasteiger charge is -2.26. The first-order valence-corrected chi connectivity index (χ1v) is 10.2. The highest BCUT2D eigenvalue weighted by Crippen LogP contribution is 2.25. The van der Waals surface area contributed by atoms with E-state index >= 15 is 0 Å². The van der Waals surface area contributed by atoms with E-state index in [1.807, 2.05) is 0 Å². The van der Waals surface area contributed by atoms with E-state index in [-0.39, 0.29) is 28.8 Å². The molecule has 2 rings (SSSR count). The van der Waals surface area contributed by atoms with Gasteiger partial charge in [-0.05, 0) is 31.2 Å². The molecule has 0 aromatic heterocycles. The van der Waals surface area contributed by atoms with Gasteiger partial charge in [0.2, 0.25) is 10.0 Å². The summed E-state index contributed by atoms with van der Waals surface area (Å²) in [5.41, 5.74) is 0.206. The smallest absolute Gasteiger partial charge is 0.255 e. The predicted molar refractivity (Wildman–Crippen MR) is 105 cm³/mol. The topological polar surface area (TPSA) is 97.0 Å². The third kappa shape index (κ3) is 6.32. The van der Waals surface area contributed by atoms with Gasteiger partial charge in [0.1, 0.15) is 5.75 Å². The van der Waals surface area contributed by atoms with Gasteiger partial charge in [-0.3, -0.25) is 4.79 Å². The maximum atomic E-state index is 12.8. The van der Waals surface area contributed by atoms with E-state index in [9.17, 15) is 13.2 Å². The van der Waals surface area contributed by atoms with Gasteiger partial charge in [-0.2, -0.15) is 4.31 Å². The number of amides is 1. The molecule has 1 heterocycles. The number of nitrogens with zero attached hydrogens (tertiary/aromatic N) is 1. The van der Waals surface area contributed by atoms with Crippen molar-refractivity contribution in [2.45, 2.75) is 18.2 Å². The van der Waals surface area contributed by atoms with Crippen LogP contribution in [0.25, 0.3) is 0 Å². The molecule has 0 aliphatic carbocycles. The van der Waals surface area contributed by atoms with Crippen LogP contribution in [0.1, 0.15) is 23.7 Å². The fourth-order valence-electron chi connectivity index (χ4n) is 2.62. The molecule has 1 amide bonds. The molecule has 1 aromatic rings. The van der Waals surface area contributed by atoms with Crippen molar-refractivity contribution in [1.29, 1.82) is 0 Å². The monoisotopic (exact) mass is 421 g/mol. The maximum absolute atomic E-state index is 12.8.